The zero-order valence-electron chi connectivity index (χ0n) is 13.0. The number of hydrogen-bond donors (Lipinski definition) is 0. The summed E-state index contributed by atoms with van der Waals surface area (Å²) in [7, 11) is 0. The van der Waals surface area contributed by atoms with E-state index in [-0.39, 0.29) is 10.9 Å². The molecule has 1 heterocycles. The lowest BCUT2D eigenvalue weighted by molar-refractivity contribution is -0.384. The summed E-state index contributed by atoms with van der Waals surface area (Å²) in [6.45, 7) is 4.76. The first kappa shape index (κ1) is 17.0. The zero-order chi connectivity index (χ0) is 16.8. The van der Waals surface area contributed by atoms with Gasteiger partial charge < -0.3 is 4.57 Å². The third-order valence-corrected chi connectivity index (χ3v) is 4.49. The van der Waals surface area contributed by atoms with Crippen LogP contribution in [0.25, 0.3) is 11.4 Å². The van der Waals surface area contributed by atoms with Crippen molar-refractivity contribution in [2.45, 2.75) is 43.6 Å². The second-order valence-corrected chi connectivity index (χ2v) is 6.39. The third-order valence-electron chi connectivity index (χ3n) is 3.34. The number of nitrogens with zero attached hydrogens (tertiary/aromatic N) is 5. The number of thioether (sulfide) groups is 1. The fraction of sp³-hybridized carbons (Fsp3) is 0.400. The highest BCUT2D eigenvalue weighted by Gasteiger charge is 2.16. The zero-order valence-corrected chi connectivity index (χ0v) is 13.8. The van der Waals surface area contributed by atoms with Crippen LogP contribution >= 0.6 is 11.8 Å². The van der Waals surface area contributed by atoms with Gasteiger partial charge in [-0.2, -0.15) is 5.26 Å². The molecule has 0 unspecified atom stereocenters. The fourth-order valence-corrected chi connectivity index (χ4v) is 3.14. The summed E-state index contributed by atoms with van der Waals surface area (Å²) in [4.78, 5) is 10.3. The van der Waals surface area contributed by atoms with E-state index in [1.807, 2.05) is 11.5 Å². The molecule has 8 heteroatoms. The van der Waals surface area contributed by atoms with Crippen LogP contribution in [0.5, 0.6) is 0 Å². The molecule has 0 spiro atoms. The summed E-state index contributed by atoms with van der Waals surface area (Å²) in [6, 6.07) is 8.44. The smallest absolute Gasteiger partial charge is 0.269 e. The Kier molecular flexibility index (Phi) is 5.71. The van der Waals surface area contributed by atoms with Crippen LogP contribution in [-0.2, 0) is 6.54 Å². The number of nitro groups is 1. The Morgan fingerprint density at radius 3 is 2.65 bits per heavy atom. The number of non-ortho nitro benzene ring substituents is 1. The van der Waals surface area contributed by atoms with Gasteiger partial charge in [0.1, 0.15) is 0 Å². The standard InChI is InChI=1S/C15H17N5O2S/c1-3-19-14(12-6-8-13(9-7-12)20(21)22)17-18-15(19)23-11(2)5-4-10-16/h6-9,11H,3-5H2,1-2H3/t11-/m0/s1. The van der Waals surface area contributed by atoms with Gasteiger partial charge in [0.2, 0.25) is 0 Å². The van der Waals surface area contributed by atoms with E-state index in [2.05, 4.69) is 23.2 Å². The van der Waals surface area contributed by atoms with E-state index in [1.165, 1.54) is 12.1 Å². The lowest BCUT2D eigenvalue weighted by atomic mass is 10.2. The molecule has 0 bridgehead atoms. The van der Waals surface area contributed by atoms with Gasteiger partial charge in [0.25, 0.3) is 5.69 Å². The third kappa shape index (κ3) is 4.07. The van der Waals surface area contributed by atoms with Gasteiger partial charge in [0, 0.05) is 35.9 Å². The molecule has 0 aliphatic rings. The van der Waals surface area contributed by atoms with E-state index in [1.54, 1.807) is 23.9 Å². The van der Waals surface area contributed by atoms with Gasteiger partial charge in [-0.3, -0.25) is 10.1 Å². The number of nitro benzene ring substituents is 1. The lowest BCUT2D eigenvalue weighted by Crippen LogP contribution is -2.03. The highest BCUT2D eigenvalue weighted by molar-refractivity contribution is 7.99. The number of nitriles is 1. The summed E-state index contributed by atoms with van der Waals surface area (Å²) in [6.07, 6.45) is 1.31. The largest absolute Gasteiger partial charge is 0.302 e. The Balaban J connectivity index is 2.23. The summed E-state index contributed by atoms with van der Waals surface area (Å²) in [5, 5.41) is 28.9. The first-order valence-corrected chi connectivity index (χ1v) is 8.16. The van der Waals surface area contributed by atoms with Crippen LogP contribution in [0.2, 0.25) is 0 Å². The summed E-state index contributed by atoms with van der Waals surface area (Å²) in [5.74, 6) is 0.692. The maximum atomic E-state index is 10.7. The molecule has 0 aliphatic carbocycles. The van der Waals surface area contributed by atoms with Crippen molar-refractivity contribution in [2.24, 2.45) is 0 Å². The van der Waals surface area contributed by atoms with Crippen LogP contribution in [0.3, 0.4) is 0 Å². The van der Waals surface area contributed by atoms with Crippen LogP contribution in [0.4, 0.5) is 5.69 Å². The molecule has 2 rings (SSSR count). The van der Waals surface area contributed by atoms with Gasteiger partial charge in [-0.15, -0.1) is 10.2 Å². The molecule has 23 heavy (non-hydrogen) atoms. The molecule has 0 N–H and O–H groups in total. The lowest BCUT2D eigenvalue weighted by Gasteiger charge is -2.10. The molecule has 0 saturated heterocycles. The van der Waals surface area contributed by atoms with Crippen LogP contribution in [0.1, 0.15) is 26.7 Å². The van der Waals surface area contributed by atoms with E-state index in [9.17, 15) is 10.1 Å². The quantitative estimate of drug-likeness (QED) is 0.436. The summed E-state index contributed by atoms with van der Waals surface area (Å²) >= 11 is 1.59. The van der Waals surface area contributed by atoms with E-state index in [0.717, 1.165) is 17.1 Å². The minimum Gasteiger partial charge on any atom is -0.302 e. The van der Waals surface area contributed by atoms with Gasteiger partial charge in [0.15, 0.2) is 11.0 Å². The van der Waals surface area contributed by atoms with Crippen LogP contribution in [-0.4, -0.2) is 24.9 Å². The van der Waals surface area contributed by atoms with Crippen molar-refractivity contribution in [3.63, 3.8) is 0 Å². The molecule has 1 aromatic carbocycles. The molecule has 0 fully saturated rings. The van der Waals surface area contributed by atoms with Crippen molar-refractivity contribution in [2.75, 3.05) is 0 Å². The second-order valence-electron chi connectivity index (χ2n) is 4.98. The van der Waals surface area contributed by atoms with Gasteiger partial charge in [-0.05, 0) is 25.5 Å². The highest BCUT2D eigenvalue weighted by Crippen LogP contribution is 2.29. The molecular weight excluding hydrogens is 314 g/mol. The van der Waals surface area contributed by atoms with Crippen molar-refractivity contribution in [1.29, 1.82) is 5.26 Å². The molecule has 0 aliphatic heterocycles. The number of rotatable bonds is 7. The predicted molar refractivity (Wildman–Crippen MR) is 88.0 cm³/mol. The number of benzene rings is 1. The monoisotopic (exact) mass is 331 g/mol. The van der Waals surface area contributed by atoms with Crippen molar-refractivity contribution in [3.05, 3.63) is 34.4 Å². The average molecular weight is 331 g/mol. The SMILES string of the molecule is CCn1c(S[C@@H](C)CCC#N)nnc1-c1ccc([N+](=O)[O-])cc1. The average Bonchev–Trinajstić information content (AvgIpc) is 2.95. The normalized spacial score (nSPS) is 11.9. The van der Waals surface area contributed by atoms with Crippen LogP contribution in [0.15, 0.2) is 29.4 Å². The Hall–Kier alpha value is -2.40. The highest BCUT2D eigenvalue weighted by atomic mass is 32.2. The maximum Gasteiger partial charge on any atom is 0.269 e. The van der Waals surface area contributed by atoms with Crippen molar-refractivity contribution < 1.29 is 4.92 Å². The Morgan fingerprint density at radius 2 is 2.09 bits per heavy atom. The predicted octanol–water partition coefficient (Wildman–Crippen LogP) is 3.66. The van der Waals surface area contributed by atoms with Crippen molar-refractivity contribution in [3.8, 4) is 17.5 Å². The van der Waals surface area contributed by atoms with Crippen molar-refractivity contribution in [1.82, 2.24) is 14.8 Å². The minimum atomic E-state index is -0.424. The minimum absolute atomic E-state index is 0.0519. The van der Waals surface area contributed by atoms with Gasteiger partial charge in [0.05, 0.1) is 11.0 Å². The molecule has 0 saturated carbocycles. The van der Waals surface area contributed by atoms with Gasteiger partial charge in [-0.1, -0.05) is 18.7 Å². The van der Waals surface area contributed by atoms with Gasteiger partial charge >= 0.3 is 0 Å². The molecule has 1 atom stereocenters. The Bertz CT molecular complexity index is 720. The van der Waals surface area contributed by atoms with E-state index in [0.29, 0.717) is 18.8 Å². The van der Waals surface area contributed by atoms with E-state index in [4.69, 9.17) is 5.26 Å². The summed E-state index contributed by atoms with van der Waals surface area (Å²) in [5.41, 5.74) is 0.845. The fourth-order valence-electron chi connectivity index (χ4n) is 2.11. The van der Waals surface area contributed by atoms with Gasteiger partial charge in [-0.25, -0.2) is 0 Å². The molecule has 120 valence electrons. The maximum absolute atomic E-state index is 10.7. The van der Waals surface area contributed by atoms with Crippen molar-refractivity contribution >= 4 is 17.4 Å². The number of aromatic nitrogens is 3. The molecule has 2 aromatic rings. The van der Waals surface area contributed by atoms with E-state index >= 15 is 0 Å². The molecule has 0 radical (unpaired) electrons. The molecule has 0 amide bonds. The van der Waals surface area contributed by atoms with Crippen LogP contribution in [0, 0.1) is 21.4 Å². The van der Waals surface area contributed by atoms with E-state index < -0.39 is 4.92 Å². The topological polar surface area (TPSA) is 97.6 Å². The first-order valence-electron chi connectivity index (χ1n) is 7.28. The Labute approximate surface area is 138 Å². The second kappa shape index (κ2) is 7.74. The number of hydrogen-bond acceptors (Lipinski definition) is 6. The Morgan fingerprint density at radius 1 is 1.39 bits per heavy atom. The van der Waals surface area contributed by atoms with Crippen LogP contribution < -0.4 is 0 Å². The first-order chi connectivity index (χ1) is 11.1. The molecular formula is C15H17N5O2S. The molecule has 7 nitrogen and oxygen atoms in total. The molecule has 1 aromatic heterocycles. The summed E-state index contributed by atoms with van der Waals surface area (Å²) < 4.78 is 1.98.